The van der Waals surface area contributed by atoms with Crippen molar-refractivity contribution in [2.45, 2.75) is 108 Å². The number of aliphatic hydroxyl groups is 6. The van der Waals surface area contributed by atoms with E-state index in [0.29, 0.717) is 102 Å². The first-order chi connectivity index (χ1) is 51.0. The van der Waals surface area contributed by atoms with Crippen LogP contribution in [-0.2, 0) is 33.6 Å². The molecule has 3 aliphatic carbocycles. The Hall–Kier alpha value is -8.85. The third-order valence-corrected chi connectivity index (χ3v) is 24.6. The van der Waals surface area contributed by atoms with E-state index in [4.69, 9.17) is 49.0 Å². The molecule has 3 saturated carbocycles. The standard InChI is InChI=1S/3C28H26ClN3O3/c3*29-21-14-23-25(31-16-21)27(34)26(33)22(17-32-12-4-5-13-32)24(19-6-2-1-3-7-19)28(27,35-23)20-10-8-18(15-30)9-11-20/h3*1-3,6-11,14,16,22,24,26,33-34H,4-5,12-13,17H2/t22-,24+,26+,27-,28-;22-,24-,26+,27+,28+;22-,24-,26-,27+,28+/m011/s1. The van der Waals surface area contributed by atoms with Gasteiger partial charge < -0.3 is 59.5 Å². The van der Waals surface area contributed by atoms with Gasteiger partial charge in [0.1, 0.15) is 34.3 Å². The Bertz CT molecular complexity index is 4350. The number of benzene rings is 6. The fraction of sp³-hybridized carbons (Fsp3) is 0.357. The van der Waals surface area contributed by atoms with Crippen LogP contribution in [-0.4, -0.2) is 138 Å². The van der Waals surface area contributed by atoms with Gasteiger partial charge in [0, 0.05) is 91.9 Å². The predicted octanol–water partition coefficient (Wildman–Crippen LogP) is 11.9. The van der Waals surface area contributed by atoms with Crippen LogP contribution >= 0.6 is 34.8 Å². The van der Waals surface area contributed by atoms with Gasteiger partial charge in [0.15, 0.2) is 33.6 Å². The molecule has 9 aromatic rings. The van der Waals surface area contributed by atoms with E-state index in [1.807, 2.05) is 127 Å². The van der Waals surface area contributed by atoms with Crippen molar-refractivity contribution < 1.29 is 44.8 Å². The fourth-order valence-corrected chi connectivity index (χ4v) is 20.0. The zero-order chi connectivity index (χ0) is 72.6. The minimum Gasteiger partial charge on any atom is -0.476 e. The molecule has 0 radical (unpaired) electrons. The molecular formula is C84H78Cl3N9O9. The van der Waals surface area contributed by atoms with Gasteiger partial charge in [-0.15, -0.1) is 0 Å². The molecule has 9 aliphatic rings. The average molecular weight is 1460 g/mol. The molecule has 6 aromatic carbocycles. The van der Waals surface area contributed by atoms with E-state index in [1.165, 1.54) is 18.6 Å². The van der Waals surface area contributed by atoms with Crippen molar-refractivity contribution in [2.24, 2.45) is 17.8 Å². The molecule has 0 unspecified atom stereocenters. The van der Waals surface area contributed by atoms with E-state index in [9.17, 15) is 46.4 Å². The lowest BCUT2D eigenvalue weighted by Crippen LogP contribution is -2.52. The van der Waals surface area contributed by atoms with E-state index >= 15 is 0 Å². The Morgan fingerprint density at radius 3 is 0.838 bits per heavy atom. The highest BCUT2D eigenvalue weighted by atomic mass is 35.5. The smallest absolute Gasteiger partial charge is 0.181 e. The number of halogens is 3. The zero-order valence-electron chi connectivity index (χ0n) is 57.4. The molecule has 6 N–H and O–H groups in total. The van der Waals surface area contributed by atoms with Crippen molar-refractivity contribution in [3.63, 3.8) is 0 Å². The van der Waals surface area contributed by atoms with Crippen molar-refractivity contribution in [1.29, 1.82) is 15.8 Å². The maximum atomic E-state index is 12.6. The molecule has 3 saturated heterocycles. The Kier molecular flexibility index (Phi) is 18.7. The summed E-state index contributed by atoms with van der Waals surface area (Å²) in [6.07, 6.45) is 7.79. The van der Waals surface area contributed by atoms with Gasteiger partial charge in [-0.05, 0) is 148 Å². The molecule has 105 heavy (non-hydrogen) atoms. The number of nitrogens with zero attached hydrogens (tertiary/aromatic N) is 9. The Labute approximate surface area is 624 Å². The molecule has 3 aromatic heterocycles. The van der Waals surface area contributed by atoms with Gasteiger partial charge in [-0.25, -0.2) is 0 Å². The van der Waals surface area contributed by atoms with Crippen molar-refractivity contribution in [3.8, 4) is 35.5 Å². The topological polar surface area (TPSA) is 269 Å². The first-order valence-electron chi connectivity index (χ1n) is 36.1. The number of hydrogen-bond donors (Lipinski definition) is 6. The minimum absolute atomic E-state index is 0.295. The molecular weight excluding hydrogens is 1390 g/mol. The number of fused-ring (bicyclic) bond motifs is 9. The lowest BCUT2D eigenvalue weighted by atomic mass is 9.71. The van der Waals surface area contributed by atoms with Gasteiger partial charge in [-0.1, -0.05) is 162 Å². The summed E-state index contributed by atoms with van der Waals surface area (Å²) in [6, 6.07) is 62.5. The van der Waals surface area contributed by atoms with Crippen LogP contribution in [0.2, 0.25) is 15.1 Å². The zero-order valence-corrected chi connectivity index (χ0v) is 59.7. The fourth-order valence-electron chi connectivity index (χ4n) is 19.6. The van der Waals surface area contributed by atoms with Crippen LogP contribution in [0, 0.1) is 51.7 Å². The first-order valence-corrected chi connectivity index (χ1v) is 37.2. The van der Waals surface area contributed by atoms with E-state index in [-0.39, 0.29) is 35.5 Å². The van der Waals surface area contributed by atoms with Crippen molar-refractivity contribution in [2.75, 3.05) is 58.9 Å². The van der Waals surface area contributed by atoms with Gasteiger partial charge in [0.2, 0.25) is 0 Å². The molecule has 9 heterocycles. The summed E-state index contributed by atoms with van der Waals surface area (Å²) in [5.74, 6) is -1.01. The Morgan fingerprint density at radius 1 is 0.371 bits per heavy atom. The van der Waals surface area contributed by atoms with Crippen molar-refractivity contribution in [3.05, 3.63) is 283 Å². The first kappa shape index (κ1) is 70.5. The van der Waals surface area contributed by atoms with Crippen LogP contribution < -0.4 is 14.2 Å². The lowest BCUT2D eigenvalue weighted by Gasteiger charge is -2.40. The minimum atomic E-state index is -1.81. The number of aliphatic hydroxyl groups excluding tert-OH is 3. The lowest BCUT2D eigenvalue weighted by molar-refractivity contribution is -0.153. The second kappa shape index (κ2) is 27.8. The van der Waals surface area contributed by atoms with Gasteiger partial charge in [0.25, 0.3) is 0 Å². The van der Waals surface area contributed by atoms with Crippen LogP contribution in [0.15, 0.2) is 201 Å². The van der Waals surface area contributed by atoms with Crippen LogP contribution in [0.1, 0.15) is 123 Å². The van der Waals surface area contributed by atoms with E-state index in [2.05, 4.69) is 47.9 Å². The SMILES string of the molecule is N#Cc1ccc([C@@]23Oc4cc(Cl)cnc4[C@]2(O)[C@@H](O)[C@H](CN2CCCC2)[C@H]3c2ccccc2)cc1.N#Cc1ccc([C@@]23Oc4cc(Cl)cnc4[C@]2(O)[C@H](O)[C@@H](CN2CCCC2)[C@H]3c2ccccc2)cc1.N#Cc1ccc([C@@]23Oc4cc(Cl)cnc4[C@]2(O)[C@H](O)[C@H](CN2CCCC2)[C@H]3c2ccccc2)cc1. The maximum absolute atomic E-state index is 12.6. The van der Waals surface area contributed by atoms with Crippen LogP contribution in [0.5, 0.6) is 17.2 Å². The summed E-state index contributed by atoms with van der Waals surface area (Å²) in [4.78, 5) is 20.5. The maximum Gasteiger partial charge on any atom is 0.181 e. The molecule has 18 nitrogen and oxygen atoms in total. The van der Waals surface area contributed by atoms with E-state index in [0.717, 1.165) is 94.5 Å². The molecule has 0 spiro atoms. The van der Waals surface area contributed by atoms with Crippen LogP contribution in [0.3, 0.4) is 0 Å². The average Bonchev–Trinajstić information content (AvgIpc) is 1.52. The third-order valence-electron chi connectivity index (χ3n) is 24.0. The van der Waals surface area contributed by atoms with Crippen LogP contribution in [0.25, 0.3) is 0 Å². The molecule has 15 atom stereocenters. The van der Waals surface area contributed by atoms with E-state index in [1.54, 1.807) is 54.6 Å². The largest absolute Gasteiger partial charge is 0.476 e. The summed E-state index contributed by atoms with van der Waals surface area (Å²) in [7, 11) is 0. The number of nitriles is 3. The van der Waals surface area contributed by atoms with Crippen LogP contribution in [0.4, 0.5) is 0 Å². The predicted molar refractivity (Wildman–Crippen MR) is 393 cm³/mol. The van der Waals surface area contributed by atoms with Crippen molar-refractivity contribution in [1.82, 2.24) is 29.7 Å². The number of ether oxygens (including phenoxy) is 3. The number of hydrogen-bond acceptors (Lipinski definition) is 18. The van der Waals surface area contributed by atoms with Gasteiger partial charge in [-0.3, -0.25) is 15.0 Å². The summed E-state index contributed by atoms with van der Waals surface area (Å²) in [5, 5.41) is 103. The highest BCUT2D eigenvalue weighted by Gasteiger charge is 2.80. The molecule has 6 fully saturated rings. The third kappa shape index (κ3) is 11.1. The van der Waals surface area contributed by atoms with Gasteiger partial charge >= 0.3 is 0 Å². The van der Waals surface area contributed by atoms with E-state index < -0.39 is 51.9 Å². The molecule has 18 rings (SSSR count). The second-order valence-electron chi connectivity index (χ2n) is 29.4. The van der Waals surface area contributed by atoms with Gasteiger partial charge in [-0.2, -0.15) is 15.8 Å². The Morgan fingerprint density at radius 2 is 0.610 bits per heavy atom. The molecule has 0 bridgehead atoms. The molecule has 21 heteroatoms. The monoisotopic (exact) mass is 1460 g/mol. The number of aromatic nitrogens is 3. The highest BCUT2D eigenvalue weighted by Crippen LogP contribution is 2.72. The molecule has 534 valence electrons. The van der Waals surface area contributed by atoms with Gasteiger partial charge in [0.05, 0.1) is 68.3 Å². The number of pyridine rings is 3. The Balaban J connectivity index is 0.000000121. The molecule has 0 amide bonds. The quantitative estimate of drug-likeness (QED) is 0.0663. The second-order valence-corrected chi connectivity index (χ2v) is 30.7. The molecule has 6 aliphatic heterocycles. The summed E-state index contributed by atoms with van der Waals surface area (Å²) in [6.45, 7) is 7.72. The number of likely N-dealkylation sites (tertiary alicyclic amines) is 3. The normalized spacial score (nSPS) is 31.5. The summed E-state index contributed by atoms with van der Waals surface area (Å²) >= 11 is 18.8. The summed E-state index contributed by atoms with van der Waals surface area (Å²) < 4.78 is 20.2. The summed E-state index contributed by atoms with van der Waals surface area (Å²) in [5.41, 5.74) is -2.14. The number of rotatable bonds is 12. The van der Waals surface area contributed by atoms with Crippen molar-refractivity contribution >= 4 is 34.8 Å². The highest BCUT2D eigenvalue weighted by molar-refractivity contribution is 6.31.